The Morgan fingerprint density at radius 2 is 2.11 bits per heavy atom. The molecule has 2 N–H and O–H groups in total. The van der Waals surface area contributed by atoms with Crippen LogP contribution in [0.4, 0.5) is 0 Å². The lowest BCUT2D eigenvalue weighted by molar-refractivity contribution is -0.142. The number of hydrogen-bond acceptors (Lipinski definition) is 5. The van der Waals surface area contributed by atoms with Crippen molar-refractivity contribution in [3.8, 4) is 11.5 Å². The maximum atomic E-state index is 11.1. The Hall–Kier alpha value is -1.75. The van der Waals surface area contributed by atoms with E-state index in [4.69, 9.17) is 9.47 Å². The van der Waals surface area contributed by atoms with Gasteiger partial charge in [-0.05, 0) is 19.9 Å². The van der Waals surface area contributed by atoms with Crippen LogP contribution in [0.3, 0.4) is 0 Å². The van der Waals surface area contributed by atoms with Gasteiger partial charge in [-0.2, -0.15) is 0 Å². The number of phenols is 1. The van der Waals surface area contributed by atoms with Crippen LogP contribution in [0.5, 0.6) is 11.5 Å². The van der Waals surface area contributed by atoms with Crippen molar-refractivity contribution >= 4 is 5.97 Å². The first-order valence-electron chi connectivity index (χ1n) is 6.49. The van der Waals surface area contributed by atoms with E-state index in [-0.39, 0.29) is 11.7 Å². The van der Waals surface area contributed by atoms with E-state index in [1.54, 1.807) is 13.0 Å². The summed E-state index contributed by atoms with van der Waals surface area (Å²) in [6.45, 7) is 5.54. The molecule has 0 radical (unpaired) electrons. The third-order valence-electron chi connectivity index (χ3n) is 2.51. The lowest BCUT2D eigenvalue weighted by Gasteiger charge is -2.10. The van der Waals surface area contributed by atoms with Crippen LogP contribution in [0.1, 0.15) is 25.8 Å². The van der Waals surface area contributed by atoms with Gasteiger partial charge >= 0.3 is 5.97 Å². The quantitative estimate of drug-likeness (QED) is 0.555. The van der Waals surface area contributed by atoms with E-state index < -0.39 is 0 Å². The summed E-state index contributed by atoms with van der Waals surface area (Å²) >= 11 is 0. The SMILES string of the molecule is CCOC(=O)CCNCc1cccc(OCC)c1O. The van der Waals surface area contributed by atoms with Crippen LogP contribution in [0.2, 0.25) is 0 Å². The zero-order chi connectivity index (χ0) is 14.1. The standard InChI is InChI=1S/C14H21NO4/c1-3-18-12-7-5-6-11(14(12)17)10-15-9-8-13(16)19-4-2/h5-7,15,17H,3-4,8-10H2,1-2H3. The number of phenolic OH excluding ortho intramolecular Hbond substituents is 1. The van der Waals surface area contributed by atoms with E-state index >= 15 is 0 Å². The van der Waals surface area contributed by atoms with Crippen molar-refractivity contribution in [2.45, 2.75) is 26.8 Å². The van der Waals surface area contributed by atoms with Gasteiger partial charge in [-0.1, -0.05) is 12.1 Å². The average molecular weight is 267 g/mol. The number of benzene rings is 1. The van der Waals surface area contributed by atoms with E-state index in [2.05, 4.69) is 5.32 Å². The average Bonchev–Trinajstić information content (AvgIpc) is 2.39. The van der Waals surface area contributed by atoms with Gasteiger partial charge in [0.25, 0.3) is 0 Å². The molecule has 0 aliphatic carbocycles. The van der Waals surface area contributed by atoms with Crippen molar-refractivity contribution in [2.24, 2.45) is 0 Å². The van der Waals surface area contributed by atoms with Gasteiger partial charge < -0.3 is 19.9 Å². The second-order valence-electron chi connectivity index (χ2n) is 3.93. The molecular formula is C14H21NO4. The fourth-order valence-corrected chi connectivity index (χ4v) is 1.63. The molecule has 0 heterocycles. The third-order valence-corrected chi connectivity index (χ3v) is 2.51. The summed E-state index contributed by atoms with van der Waals surface area (Å²) in [7, 11) is 0. The molecule has 1 aromatic carbocycles. The number of carbonyl (C=O) groups is 1. The van der Waals surface area contributed by atoms with E-state index in [0.29, 0.717) is 38.5 Å². The zero-order valence-corrected chi connectivity index (χ0v) is 11.4. The summed E-state index contributed by atoms with van der Waals surface area (Å²) in [6, 6.07) is 5.36. The Labute approximate surface area is 113 Å². The zero-order valence-electron chi connectivity index (χ0n) is 11.4. The molecule has 0 saturated carbocycles. The van der Waals surface area contributed by atoms with Crippen LogP contribution < -0.4 is 10.1 Å². The minimum atomic E-state index is -0.220. The summed E-state index contributed by atoms with van der Waals surface area (Å²) in [5, 5.41) is 13.0. The van der Waals surface area contributed by atoms with Gasteiger partial charge in [-0.25, -0.2) is 0 Å². The number of nitrogens with one attached hydrogen (secondary N) is 1. The van der Waals surface area contributed by atoms with Crippen molar-refractivity contribution in [1.82, 2.24) is 5.32 Å². The molecule has 5 heteroatoms. The smallest absolute Gasteiger partial charge is 0.307 e. The molecule has 0 aromatic heterocycles. The van der Waals surface area contributed by atoms with Gasteiger partial charge in [0.15, 0.2) is 11.5 Å². The minimum absolute atomic E-state index is 0.146. The summed E-state index contributed by atoms with van der Waals surface area (Å²) in [4.78, 5) is 11.1. The van der Waals surface area contributed by atoms with Crippen LogP contribution in [-0.2, 0) is 16.1 Å². The van der Waals surface area contributed by atoms with E-state index in [9.17, 15) is 9.90 Å². The maximum Gasteiger partial charge on any atom is 0.307 e. The molecule has 106 valence electrons. The van der Waals surface area contributed by atoms with Gasteiger partial charge in [0.2, 0.25) is 0 Å². The van der Waals surface area contributed by atoms with Crippen LogP contribution >= 0.6 is 0 Å². The van der Waals surface area contributed by atoms with Crippen molar-refractivity contribution in [1.29, 1.82) is 0 Å². The number of rotatable bonds is 8. The monoisotopic (exact) mass is 267 g/mol. The Morgan fingerprint density at radius 1 is 1.32 bits per heavy atom. The summed E-state index contributed by atoms with van der Waals surface area (Å²) in [5.74, 6) is 0.405. The molecule has 19 heavy (non-hydrogen) atoms. The predicted octanol–water partition coefficient (Wildman–Crippen LogP) is 1.83. The van der Waals surface area contributed by atoms with Gasteiger partial charge in [0.05, 0.1) is 19.6 Å². The molecule has 0 bridgehead atoms. The summed E-state index contributed by atoms with van der Waals surface area (Å²) in [6.07, 6.45) is 0.319. The first kappa shape index (κ1) is 15.3. The van der Waals surface area contributed by atoms with Gasteiger partial charge in [0, 0.05) is 18.7 Å². The molecular weight excluding hydrogens is 246 g/mol. The molecule has 0 aliphatic rings. The molecule has 0 spiro atoms. The molecule has 0 aliphatic heterocycles. The third kappa shape index (κ3) is 5.18. The number of carbonyl (C=O) groups excluding carboxylic acids is 1. The number of esters is 1. The topological polar surface area (TPSA) is 67.8 Å². The summed E-state index contributed by atoms with van der Waals surface area (Å²) < 4.78 is 10.1. The fraction of sp³-hybridized carbons (Fsp3) is 0.500. The second-order valence-corrected chi connectivity index (χ2v) is 3.93. The van der Waals surface area contributed by atoms with E-state index in [1.165, 1.54) is 0 Å². The van der Waals surface area contributed by atoms with Gasteiger partial charge in [-0.3, -0.25) is 4.79 Å². The Balaban J connectivity index is 2.41. The van der Waals surface area contributed by atoms with Crippen LogP contribution in [0, 0.1) is 0 Å². The normalized spacial score (nSPS) is 10.2. The minimum Gasteiger partial charge on any atom is -0.504 e. The van der Waals surface area contributed by atoms with E-state index in [0.717, 1.165) is 5.56 Å². The highest BCUT2D eigenvalue weighted by Crippen LogP contribution is 2.29. The number of para-hydroxylation sites is 1. The Bertz CT molecular complexity index is 406. The largest absolute Gasteiger partial charge is 0.504 e. The lowest BCUT2D eigenvalue weighted by atomic mass is 10.2. The Kier molecular flexibility index (Phi) is 6.74. The van der Waals surface area contributed by atoms with E-state index in [1.807, 2.05) is 19.1 Å². The van der Waals surface area contributed by atoms with Gasteiger partial charge in [-0.15, -0.1) is 0 Å². The van der Waals surface area contributed by atoms with Crippen LogP contribution in [0.15, 0.2) is 18.2 Å². The molecule has 0 unspecified atom stereocenters. The number of hydrogen-bond donors (Lipinski definition) is 2. The maximum absolute atomic E-state index is 11.1. The lowest BCUT2D eigenvalue weighted by Crippen LogP contribution is -2.19. The van der Waals surface area contributed by atoms with Crippen molar-refractivity contribution in [3.63, 3.8) is 0 Å². The van der Waals surface area contributed by atoms with Gasteiger partial charge in [0.1, 0.15) is 0 Å². The fourth-order valence-electron chi connectivity index (χ4n) is 1.63. The predicted molar refractivity (Wildman–Crippen MR) is 72.2 cm³/mol. The number of ether oxygens (including phenoxy) is 2. The molecule has 0 saturated heterocycles. The first-order chi connectivity index (χ1) is 9.19. The highest BCUT2D eigenvalue weighted by molar-refractivity contribution is 5.69. The highest BCUT2D eigenvalue weighted by atomic mass is 16.5. The summed E-state index contributed by atoms with van der Waals surface area (Å²) in [5.41, 5.74) is 0.745. The van der Waals surface area contributed by atoms with Crippen LogP contribution in [-0.4, -0.2) is 30.8 Å². The van der Waals surface area contributed by atoms with Crippen LogP contribution in [0.25, 0.3) is 0 Å². The molecule has 5 nitrogen and oxygen atoms in total. The van der Waals surface area contributed by atoms with Crippen molar-refractivity contribution in [2.75, 3.05) is 19.8 Å². The number of aromatic hydroxyl groups is 1. The Morgan fingerprint density at radius 3 is 2.79 bits per heavy atom. The molecule has 0 amide bonds. The molecule has 1 rings (SSSR count). The van der Waals surface area contributed by atoms with Crippen molar-refractivity contribution in [3.05, 3.63) is 23.8 Å². The van der Waals surface area contributed by atoms with Crippen molar-refractivity contribution < 1.29 is 19.4 Å². The molecule has 1 aromatic rings. The highest BCUT2D eigenvalue weighted by Gasteiger charge is 2.07. The second kappa shape index (κ2) is 8.37. The first-order valence-corrected chi connectivity index (χ1v) is 6.49. The molecule has 0 atom stereocenters. The molecule has 0 fully saturated rings.